The standard InChI is InChI=1S/C15H25N5O/c1-12(2)6-4-9-18-15(16-3)19-11-14(21)20-13-7-5-8-17-10-13/h5,7-8,10,12H,4,6,9,11H2,1-3H3,(H,20,21)(H2,16,18,19). The second-order valence-electron chi connectivity index (χ2n) is 5.18. The number of hydrogen-bond donors (Lipinski definition) is 3. The molecule has 0 atom stereocenters. The largest absolute Gasteiger partial charge is 0.356 e. The van der Waals surface area contributed by atoms with Gasteiger partial charge in [-0.2, -0.15) is 0 Å². The number of carbonyl (C=O) groups is 1. The summed E-state index contributed by atoms with van der Waals surface area (Å²) in [6.07, 6.45) is 5.53. The molecular formula is C15H25N5O. The number of nitrogens with one attached hydrogen (secondary N) is 3. The average Bonchev–Trinajstić information content (AvgIpc) is 2.47. The van der Waals surface area contributed by atoms with Crippen LogP contribution in [0.5, 0.6) is 0 Å². The first-order chi connectivity index (χ1) is 10.1. The average molecular weight is 291 g/mol. The van der Waals surface area contributed by atoms with Crippen LogP contribution in [-0.2, 0) is 4.79 Å². The maximum absolute atomic E-state index is 11.8. The molecule has 0 bridgehead atoms. The third kappa shape index (κ3) is 7.91. The molecule has 1 aromatic rings. The highest BCUT2D eigenvalue weighted by Crippen LogP contribution is 2.02. The normalized spacial score (nSPS) is 11.3. The minimum absolute atomic E-state index is 0.131. The van der Waals surface area contributed by atoms with Gasteiger partial charge in [-0.15, -0.1) is 0 Å². The van der Waals surface area contributed by atoms with Gasteiger partial charge in [0.25, 0.3) is 0 Å². The molecule has 1 heterocycles. The summed E-state index contributed by atoms with van der Waals surface area (Å²) >= 11 is 0. The Labute approximate surface area is 126 Å². The molecule has 116 valence electrons. The number of guanidine groups is 1. The fraction of sp³-hybridized carbons (Fsp3) is 0.533. The third-order valence-corrected chi connectivity index (χ3v) is 2.84. The molecule has 0 aliphatic carbocycles. The Hall–Kier alpha value is -2.11. The zero-order chi connectivity index (χ0) is 15.5. The first-order valence-corrected chi connectivity index (χ1v) is 7.26. The van der Waals surface area contributed by atoms with Crippen molar-refractivity contribution in [2.24, 2.45) is 10.9 Å². The van der Waals surface area contributed by atoms with Crippen molar-refractivity contribution in [1.29, 1.82) is 0 Å². The van der Waals surface area contributed by atoms with Crippen molar-refractivity contribution in [3.8, 4) is 0 Å². The number of carbonyl (C=O) groups excluding carboxylic acids is 1. The van der Waals surface area contributed by atoms with Gasteiger partial charge in [-0.25, -0.2) is 0 Å². The first kappa shape index (κ1) is 16.9. The summed E-state index contributed by atoms with van der Waals surface area (Å²) in [5.41, 5.74) is 0.684. The molecule has 21 heavy (non-hydrogen) atoms. The van der Waals surface area contributed by atoms with Gasteiger partial charge in [0.2, 0.25) is 5.91 Å². The predicted molar refractivity (Wildman–Crippen MR) is 86.3 cm³/mol. The summed E-state index contributed by atoms with van der Waals surface area (Å²) < 4.78 is 0. The van der Waals surface area contributed by atoms with Crippen molar-refractivity contribution in [3.63, 3.8) is 0 Å². The molecular weight excluding hydrogens is 266 g/mol. The molecule has 0 aliphatic rings. The van der Waals surface area contributed by atoms with Crippen LogP contribution >= 0.6 is 0 Å². The van der Waals surface area contributed by atoms with E-state index in [-0.39, 0.29) is 12.5 Å². The third-order valence-electron chi connectivity index (χ3n) is 2.84. The van der Waals surface area contributed by atoms with E-state index in [2.05, 4.69) is 39.8 Å². The zero-order valence-corrected chi connectivity index (χ0v) is 13.0. The molecule has 1 aromatic heterocycles. The Bertz CT molecular complexity index is 445. The number of aromatic nitrogens is 1. The fourth-order valence-electron chi connectivity index (χ4n) is 1.74. The van der Waals surface area contributed by atoms with Crippen molar-refractivity contribution >= 4 is 17.6 Å². The van der Waals surface area contributed by atoms with Crippen LogP contribution in [0.1, 0.15) is 26.7 Å². The molecule has 0 spiro atoms. The van der Waals surface area contributed by atoms with Crippen LogP contribution in [0.4, 0.5) is 5.69 Å². The minimum Gasteiger partial charge on any atom is -0.356 e. The van der Waals surface area contributed by atoms with Crippen LogP contribution in [-0.4, -0.2) is 37.0 Å². The molecule has 0 aliphatic heterocycles. The van der Waals surface area contributed by atoms with Gasteiger partial charge < -0.3 is 16.0 Å². The van der Waals surface area contributed by atoms with Crippen LogP contribution in [0, 0.1) is 5.92 Å². The molecule has 6 nitrogen and oxygen atoms in total. The summed E-state index contributed by atoms with van der Waals surface area (Å²) in [4.78, 5) is 19.8. The SMILES string of the molecule is CN=C(NCCCC(C)C)NCC(=O)Nc1cccnc1. The lowest BCUT2D eigenvalue weighted by Gasteiger charge is -2.12. The summed E-state index contributed by atoms with van der Waals surface area (Å²) in [7, 11) is 1.69. The number of rotatable bonds is 7. The summed E-state index contributed by atoms with van der Waals surface area (Å²) in [5, 5.41) is 8.93. The molecule has 1 amide bonds. The van der Waals surface area contributed by atoms with E-state index in [1.807, 2.05) is 0 Å². The van der Waals surface area contributed by atoms with E-state index in [9.17, 15) is 4.79 Å². The Morgan fingerprint density at radius 1 is 1.38 bits per heavy atom. The summed E-state index contributed by atoms with van der Waals surface area (Å²) in [5.74, 6) is 1.21. The van der Waals surface area contributed by atoms with E-state index in [4.69, 9.17) is 0 Å². The van der Waals surface area contributed by atoms with Gasteiger partial charge in [0.05, 0.1) is 18.4 Å². The molecule has 0 unspecified atom stereocenters. The highest BCUT2D eigenvalue weighted by Gasteiger charge is 2.04. The van der Waals surface area contributed by atoms with E-state index < -0.39 is 0 Å². The highest BCUT2D eigenvalue weighted by atomic mass is 16.1. The van der Waals surface area contributed by atoms with Gasteiger partial charge in [0, 0.05) is 19.8 Å². The van der Waals surface area contributed by atoms with Crippen LogP contribution < -0.4 is 16.0 Å². The van der Waals surface area contributed by atoms with Gasteiger partial charge in [0.1, 0.15) is 0 Å². The second kappa shape index (κ2) is 9.74. The van der Waals surface area contributed by atoms with E-state index in [1.165, 1.54) is 6.42 Å². The smallest absolute Gasteiger partial charge is 0.243 e. The molecule has 1 rings (SSSR count). The Kier molecular flexibility index (Phi) is 7.86. The van der Waals surface area contributed by atoms with Gasteiger partial charge in [-0.3, -0.25) is 14.8 Å². The maximum Gasteiger partial charge on any atom is 0.243 e. The second-order valence-corrected chi connectivity index (χ2v) is 5.18. The van der Waals surface area contributed by atoms with Gasteiger partial charge in [-0.1, -0.05) is 13.8 Å². The predicted octanol–water partition coefficient (Wildman–Crippen LogP) is 1.62. The molecule has 3 N–H and O–H groups in total. The monoisotopic (exact) mass is 291 g/mol. The summed E-state index contributed by atoms with van der Waals surface area (Å²) in [6.45, 7) is 5.42. The number of anilines is 1. The van der Waals surface area contributed by atoms with Crippen LogP contribution in [0.2, 0.25) is 0 Å². The van der Waals surface area contributed by atoms with E-state index in [1.54, 1.807) is 31.6 Å². The van der Waals surface area contributed by atoms with Crippen molar-refractivity contribution in [2.45, 2.75) is 26.7 Å². The Balaban J connectivity index is 2.23. The Morgan fingerprint density at radius 2 is 2.19 bits per heavy atom. The maximum atomic E-state index is 11.8. The summed E-state index contributed by atoms with van der Waals surface area (Å²) in [6, 6.07) is 3.57. The quantitative estimate of drug-likeness (QED) is 0.405. The number of aliphatic imine (C=N–C) groups is 1. The molecule has 0 saturated carbocycles. The Morgan fingerprint density at radius 3 is 2.81 bits per heavy atom. The van der Waals surface area contributed by atoms with Gasteiger partial charge in [0.15, 0.2) is 5.96 Å². The fourth-order valence-corrected chi connectivity index (χ4v) is 1.74. The minimum atomic E-state index is -0.131. The first-order valence-electron chi connectivity index (χ1n) is 7.26. The molecule has 6 heteroatoms. The number of amides is 1. The lowest BCUT2D eigenvalue weighted by Crippen LogP contribution is -2.41. The van der Waals surface area contributed by atoms with Crippen molar-refractivity contribution in [1.82, 2.24) is 15.6 Å². The van der Waals surface area contributed by atoms with Gasteiger partial charge >= 0.3 is 0 Å². The molecule has 0 aromatic carbocycles. The lowest BCUT2D eigenvalue weighted by atomic mass is 10.1. The van der Waals surface area contributed by atoms with Crippen LogP contribution in [0.3, 0.4) is 0 Å². The molecule has 0 saturated heterocycles. The molecule has 0 fully saturated rings. The number of pyridine rings is 1. The lowest BCUT2D eigenvalue weighted by molar-refractivity contribution is -0.115. The molecule has 0 radical (unpaired) electrons. The van der Waals surface area contributed by atoms with Crippen LogP contribution in [0.15, 0.2) is 29.5 Å². The van der Waals surface area contributed by atoms with Crippen molar-refractivity contribution in [2.75, 3.05) is 25.5 Å². The van der Waals surface area contributed by atoms with Crippen molar-refractivity contribution in [3.05, 3.63) is 24.5 Å². The van der Waals surface area contributed by atoms with Crippen LogP contribution in [0.25, 0.3) is 0 Å². The van der Waals surface area contributed by atoms with E-state index >= 15 is 0 Å². The van der Waals surface area contributed by atoms with E-state index in [0.717, 1.165) is 13.0 Å². The van der Waals surface area contributed by atoms with E-state index in [0.29, 0.717) is 17.6 Å². The number of nitrogens with zero attached hydrogens (tertiary/aromatic N) is 2. The number of hydrogen-bond acceptors (Lipinski definition) is 3. The zero-order valence-electron chi connectivity index (χ0n) is 13.0. The topological polar surface area (TPSA) is 78.4 Å². The van der Waals surface area contributed by atoms with Crippen molar-refractivity contribution < 1.29 is 4.79 Å². The van der Waals surface area contributed by atoms with Gasteiger partial charge in [-0.05, 0) is 30.9 Å². The highest BCUT2D eigenvalue weighted by molar-refractivity contribution is 5.94.